The number of alkyl halides is 2. The third-order valence-corrected chi connectivity index (χ3v) is 4.61. The molecular weight excluding hydrogens is 328 g/mol. The maximum absolute atomic E-state index is 3.55. The van der Waals surface area contributed by atoms with Crippen molar-refractivity contribution in [1.82, 2.24) is 0 Å². The van der Waals surface area contributed by atoms with Crippen molar-refractivity contribution in [2.24, 2.45) is 5.92 Å². The molecule has 16 heavy (non-hydrogen) atoms. The van der Waals surface area contributed by atoms with Crippen molar-refractivity contribution in [3.05, 3.63) is 35.4 Å². The minimum absolute atomic E-state index is 0.253. The predicted molar refractivity (Wildman–Crippen MR) is 79.9 cm³/mol. The van der Waals surface area contributed by atoms with Crippen LogP contribution in [-0.2, 0) is 11.8 Å². The van der Waals surface area contributed by atoms with E-state index >= 15 is 0 Å². The van der Waals surface area contributed by atoms with Crippen LogP contribution in [0.2, 0.25) is 0 Å². The van der Waals surface area contributed by atoms with Gasteiger partial charge < -0.3 is 0 Å². The van der Waals surface area contributed by atoms with Gasteiger partial charge in [0.25, 0.3) is 0 Å². The van der Waals surface area contributed by atoms with Gasteiger partial charge in [0.15, 0.2) is 0 Å². The first-order valence-electron chi connectivity index (χ1n) is 5.68. The molecule has 0 amide bonds. The van der Waals surface area contributed by atoms with Crippen LogP contribution in [0.25, 0.3) is 0 Å². The zero-order chi connectivity index (χ0) is 12.2. The average molecular weight is 348 g/mol. The molecule has 1 rings (SSSR count). The Morgan fingerprint density at radius 2 is 1.50 bits per heavy atom. The second kappa shape index (κ2) is 6.20. The van der Waals surface area contributed by atoms with E-state index in [0.717, 1.165) is 17.1 Å². The van der Waals surface area contributed by atoms with E-state index in [4.69, 9.17) is 0 Å². The topological polar surface area (TPSA) is 0 Å². The first kappa shape index (κ1) is 14.2. The van der Waals surface area contributed by atoms with Gasteiger partial charge in [-0.25, -0.2) is 0 Å². The number of rotatable bonds is 4. The smallest absolute Gasteiger partial charge is 0.00708 e. The lowest BCUT2D eigenvalue weighted by Gasteiger charge is -2.19. The van der Waals surface area contributed by atoms with Gasteiger partial charge in [0.2, 0.25) is 0 Å². The van der Waals surface area contributed by atoms with Crippen molar-refractivity contribution in [1.29, 1.82) is 0 Å². The zero-order valence-electron chi connectivity index (χ0n) is 10.3. The van der Waals surface area contributed by atoms with Gasteiger partial charge in [-0.1, -0.05) is 76.9 Å². The summed E-state index contributed by atoms with van der Waals surface area (Å²) in [4.78, 5) is 0. The van der Waals surface area contributed by atoms with Gasteiger partial charge in [0.1, 0.15) is 0 Å². The monoisotopic (exact) mass is 346 g/mol. The molecule has 2 heteroatoms. The van der Waals surface area contributed by atoms with Crippen LogP contribution in [0.15, 0.2) is 24.3 Å². The van der Waals surface area contributed by atoms with Crippen molar-refractivity contribution in [3.8, 4) is 0 Å². The summed E-state index contributed by atoms with van der Waals surface area (Å²) in [5.41, 5.74) is 3.09. The van der Waals surface area contributed by atoms with Crippen LogP contribution >= 0.6 is 31.9 Å². The molecule has 0 heterocycles. The Hall–Kier alpha value is 0.180. The second-order valence-electron chi connectivity index (χ2n) is 5.33. The molecule has 0 bridgehead atoms. The summed E-state index contributed by atoms with van der Waals surface area (Å²) in [6.45, 7) is 6.76. The molecule has 0 nitrogen and oxygen atoms in total. The van der Waals surface area contributed by atoms with E-state index in [-0.39, 0.29) is 5.41 Å². The summed E-state index contributed by atoms with van der Waals surface area (Å²) >= 11 is 7.10. The average Bonchev–Trinajstić information content (AvgIpc) is 2.25. The fraction of sp³-hybridized carbons (Fsp3) is 0.571. The fourth-order valence-electron chi connectivity index (χ4n) is 1.62. The Kier molecular flexibility index (Phi) is 5.52. The number of hydrogen-bond acceptors (Lipinski definition) is 0. The van der Waals surface area contributed by atoms with Gasteiger partial charge in [-0.2, -0.15) is 0 Å². The quantitative estimate of drug-likeness (QED) is 0.677. The molecule has 0 fully saturated rings. The summed E-state index contributed by atoms with van der Waals surface area (Å²) in [6.07, 6.45) is 1.14. The van der Waals surface area contributed by atoms with Gasteiger partial charge in [-0.05, 0) is 28.9 Å². The summed E-state index contributed by atoms with van der Waals surface area (Å²) in [6, 6.07) is 9.04. The lowest BCUT2D eigenvalue weighted by Crippen LogP contribution is -2.11. The van der Waals surface area contributed by atoms with Crippen LogP contribution in [0.5, 0.6) is 0 Å². The van der Waals surface area contributed by atoms with Crippen LogP contribution in [0.3, 0.4) is 0 Å². The Morgan fingerprint density at radius 1 is 1.00 bits per heavy atom. The number of halogens is 2. The van der Waals surface area contributed by atoms with Crippen LogP contribution in [0.1, 0.15) is 31.9 Å². The van der Waals surface area contributed by atoms with Gasteiger partial charge in [-0.15, -0.1) is 0 Å². The molecule has 0 aliphatic rings. The third kappa shape index (κ3) is 4.21. The summed E-state index contributed by atoms with van der Waals surface area (Å²) < 4.78 is 0. The van der Waals surface area contributed by atoms with Crippen LogP contribution in [-0.4, -0.2) is 10.7 Å². The molecule has 0 saturated carbocycles. The summed E-state index contributed by atoms with van der Waals surface area (Å²) in [7, 11) is 0. The molecule has 1 aromatic rings. The molecule has 0 aliphatic carbocycles. The lowest BCUT2D eigenvalue weighted by molar-refractivity contribution is 0.589. The SMILES string of the molecule is CC(C)(C)c1ccc(CC(CBr)CBr)cc1. The van der Waals surface area contributed by atoms with E-state index in [0.29, 0.717) is 5.92 Å². The molecule has 0 spiro atoms. The summed E-state index contributed by atoms with van der Waals surface area (Å²) in [5, 5.41) is 2.11. The first-order valence-corrected chi connectivity index (χ1v) is 7.93. The lowest BCUT2D eigenvalue weighted by atomic mass is 9.86. The molecule has 0 aliphatic heterocycles. The summed E-state index contributed by atoms with van der Waals surface area (Å²) in [5.74, 6) is 0.681. The van der Waals surface area contributed by atoms with Gasteiger partial charge >= 0.3 is 0 Å². The van der Waals surface area contributed by atoms with Crippen molar-refractivity contribution in [2.45, 2.75) is 32.6 Å². The Labute approximate surface area is 116 Å². The molecule has 1 aromatic carbocycles. The molecule has 0 saturated heterocycles. The highest BCUT2D eigenvalue weighted by Gasteiger charge is 2.13. The Bertz CT molecular complexity index is 305. The van der Waals surface area contributed by atoms with E-state index in [1.54, 1.807) is 0 Å². The van der Waals surface area contributed by atoms with Crippen molar-refractivity contribution < 1.29 is 0 Å². The minimum Gasteiger partial charge on any atom is -0.0925 e. The van der Waals surface area contributed by atoms with E-state index in [9.17, 15) is 0 Å². The van der Waals surface area contributed by atoms with Crippen molar-refractivity contribution in [2.75, 3.05) is 10.7 Å². The molecule has 0 atom stereocenters. The second-order valence-corrected chi connectivity index (χ2v) is 6.62. The van der Waals surface area contributed by atoms with E-state index in [2.05, 4.69) is 76.9 Å². The van der Waals surface area contributed by atoms with Crippen molar-refractivity contribution in [3.63, 3.8) is 0 Å². The van der Waals surface area contributed by atoms with Gasteiger partial charge in [0.05, 0.1) is 0 Å². The predicted octanol–water partition coefficient (Wildman–Crippen LogP) is 4.93. The highest BCUT2D eigenvalue weighted by atomic mass is 79.9. The van der Waals surface area contributed by atoms with Crippen molar-refractivity contribution >= 4 is 31.9 Å². The standard InChI is InChI=1S/C14H20Br2/c1-14(2,3)13-6-4-11(5-7-13)8-12(9-15)10-16/h4-7,12H,8-10H2,1-3H3. The zero-order valence-corrected chi connectivity index (χ0v) is 13.4. The maximum atomic E-state index is 3.55. The molecule has 0 aromatic heterocycles. The normalized spacial score (nSPS) is 12.1. The largest absolute Gasteiger partial charge is 0.0925 e. The van der Waals surface area contributed by atoms with Crippen LogP contribution in [0, 0.1) is 5.92 Å². The molecule has 90 valence electrons. The molecular formula is C14H20Br2. The number of benzene rings is 1. The van der Waals surface area contributed by atoms with E-state index in [1.165, 1.54) is 11.1 Å². The van der Waals surface area contributed by atoms with E-state index < -0.39 is 0 Å². The fourth-order valence-corrected chi connectivity index (χ4v) is 3.15. The Balaban J connectivity index is 2.72. The molecule has 0 unspecified atom stereocenters. The Morgan fingerprint density at radius 3 is 1.88 bits per heavy atom. The first-order chi connectivity index (χ1) is 7.47. The highest BCUT2D eigenvalue weighted by Crippen LogP contribution is 2.23. The molecule has 0 N–H and O–H groups in total. The van der Waals surface area contributed by atoms with Gasteiger partial charge in [-0.3, -0.25) is 0 Å². The minimum atomic E-state index is 0.253. The third-order valence-electron chi connectivity index (χ3n) is 2.78. The molecule has 0 radical (unpaired) electrons. The van der Waals surface area contributed by atoms with Crippen LogP contribution in [0.4, 0.5) is 0 Å². The van der Waals surface area contributed by atoms with Gasteiger partial charge in [0, 0.05) is 10.7 Å². The highest BCUT2D eigenvalue weighted by molar-refractivity contribution is 9.09. The maximum Gasteiger partial charge on any atom is 0.00708 e. The number of hydrogen-bond donors (Lipinski definition) is 0. The van der Waals surface area contributed by atoms with E-state index in [1.807, 2.05) is 0 Å². The van der Waals surface area contributed by atoms with Crippen LogP contribution < -0.4 is 0 Å².